The predicted octanol–water partition coefficient (Wildman–Crippen LogP) is 2.32. The van der Waals surface area contributed by atoms with E-state index in [2.05, 4.69) is 10.1 Å². The molecule has 2 N–H and O–H groups in total. The Balaban J connectivity index is 2.77. The average Bonchev–Trinajstić information content (AvgIpc) is 2.24. The predicted molar refractivity (Wildman–Crippen MR) is 57.2 cm³/mol. The maximum Gasteiger partial charge on any atom is 0.573 e. The molecule has 0 aliphatic heterocycles. The topological polar surface area (TPSA) is 58.6 Å². The van der Waals surface area contributed by atoms with Crippen molar-refractivity contribution in [2.75, 3.05) is 7.05 Å². The molecule has 18 heavy (non-hydrogen) atoms. The van der Waals surface area contributed by atoms with E-state index in [1.54, 1.807) is 7.05 Å². The van der Waals surface area contributed by atoms with Gasteiger partial charge in [-0.25, -0.2) is 0 Å². The van der Waals surface area contributed by atoms with E-state index >= 15 is 0 Å². The van der Waals surface area contributed by atoms with Gasteiger partial charge in [0.15, 0.2) is 0 Å². The molecule has 0 spiro atoms. The zero-order valence-electron chi connectivity index (χ0n) is 9.49. The zero-order chi connectivity index (χ0) is 13.8. The first-order chi connectivity index (χ1) is 8.31. The van der Waals surface area contributed by atoms with Crippen molar-refractivity contribution in [3.05, 3.63) is 29.8 Å². The first kappa shape index (κ1) is 14.3. The van der Waals surface area contributed by atoms with Crippen LogP contribution in [-0.4, -0.2) is 24.5 Å². The number of carboxylic acid groups (broad SMARTS) is 1. The highest BCUT2D eigenvalue weighted by Gasteiger charge is 2.31. The summed E-state index contributed by atoms with van der Waals surface area (Å²) in [4.78, 5) is 10.6. The molecule has 0 saturated heterocycles. The summed E-state index contributed by atoms with van der Waals surface area (Å²) in [5, 5.41) is 11.4. The molecule has 0 aliphatic carbocycles. The molecule has 1 unspecified atom stereocenters. The molecular weight excluding hydrogens is 251 g/mol. The van der Waals surface area contributed by atoms with Crippen LogP contribution in [0.15, 0.2) is 24.3 Å². The van der Waals surface area contributed by atoms with E-state index in [0.717, 1.165) is 12.1 Å². The van der Waals surface area contributed by atoms with Gasteiger partial charge in [-0.15, -0.1) is 13.2 Å². The highest BCUT2D eigenvalue weighted by Crippen LogP contribution is 2.25. The fourth-order valence-electron chi connectivity index (χ4n) is 1.46. The summed E-state index contributed by atoms with van der Waals surface area (Å²) < 4.78 is 39.5. The Morgan fingerprint density at radius 1 is 1.39 bits per heavy atom. The molecule has 0 fully saturated rings. The van der Waals surface area contributed by atoms with E-state index in [4.69, 9.17) is 5.11 Å². The van der Waals surface area contributed by atoms with Crippen molar-refractivity contribution in [1.82, 2.24) is 5.32 Å². The van der Waals surface area contributed by atoms with Crippen LogP contribution in [0.4, 0.5) is 13.2 Å². The van der Waals surface area contributed by atoms with E-state index in [-0.39, 0.29) is 12.2 Å². The molecule has 1 aromatic rings. The Morgan fingerprint density at radius 2 is 1.94 bits per heavy atom. The first-order valence-corrected chi connectivity index (χ1v) is 5.06. The van der Waals surface area contributed by atoms with Crippen molar-refractivity contribution in [2.45, 2.75) is 18.8 Å². The molecule has 0 aliphatic rings. The summed E-state index contributed by atoms with van der Waals surface area (Å²) in [7, 11) is 1.58. The minimum absolute atomic E-state index is 0.157. The lowest BCUT2D eigenvalue weighted by Gasteiger charge is -2.15. The molecule has 0 heterocycles. The van der Waals surface area contributed by atoms with Gasteiger partial charge in [0.05, 0.1) is 6.42 Å². The normalized spacial score (nSPS) is 13.1. The molecule has 7 heteroatoms. The van der Waals surface area contributed by atoms with Crippen LogP contribution in [-0.2, 0) is 4.79 Å². The van der Waals surface area contributed by atoms with Gasteiger partial charge in [-0.05, 0) is 24.7 Å². The van der Waals surface area contributed by atoms with Crippen LogP contribution in [0.2, 0.25) is 0 Å². The fourth-order valence-corrected chi connectivity index (χ4v) is 1.46. The summed E-state index contributed by atoms with van der Waals surface area (Å²) in [5.41, 5.74) is 0.578. The van der Waals surface area contributed by atoms with Crippen LogP contribution in [0, 0.1) is 0 Å². The summed E-state index contributed by atoms with van der Waals surface area (Å²) in [6.45, 7) is 0. The minimum atomic E-state index is -4.73. The van der Waals surface area contributed by atoms with Gasteiger partial charge < -0.3 is 15.2 Å². The smallest absolute Gasteiger partial charge is 0.481 e. The molecule has 1 rings (SSSR count). The van der Waals surface area contributed by atoms with Crippen LogP contribution in [0.25, 0.3) is 0 Å². The number of aliphatic carboxylic acids is 1. The van der Waals surface area contributed by atoms with Gasteiger partial charge in [-0.3, -0.25) is 4.79 Å². The maximum atomic E-state index is 11.9. The van der Waals surface area contributed by atoms with E-state index < -0.39 is 18.4 Å². The maximum absolute atomic E-state index is 11.9. The Hall–Kier alpha value is -1.76. The highest BCUT2D eigenvalue weighted by molar-refractivity contribution is 5.67. The highest BCUT2D eigenvalue weighted by atomic mass is 19.4. The number of rotatable bonds is 5. The number of alkyl halides is 3. The first-order valence-electron chi connectivity index (χ1n) is 5.06. The van der Waals surface area contributed by atoms with E-state index in [1.807, 2.05) is 0 Å². The number of hydrogen-bond acceptors (Lipinski definition) is 3. The summed E-state index contributed by atoms with van der Waals surface area (Å²) in [5.74, 6) is -1.33. The molecule has 4 nitrogen and oxygen atoms in total. The number of benzene rings is 1. The standard InChI is InChI=1S/C11H12F3NO3/c1-15-9(6-10(16)17)7-2-4-8(5-3-7)18-11(12,13)14/h2-5,9,15H,6H2,1H3,(H,16,17). The number of halogens is 3. The van der Waals surface area contributed by atoms with Crippen molar-refractivity contribution in [3.63, 3.8) is 0 Å². The van der Waals surface area contributed by atoms with Gasteiger partial charge in [0.1, 0.15) is 5.75 Å². The lowest BCUT2D eigenvalue weighted by Crippen LogP contribution is -2.20. The largest absolute Gasteiger partial charge is 0.573 e. The van der Waals surface area contributed by atoms with Crippen molar-refractivity contribution in [1.29, 1.82) is 0 Å². The summed E-state index contributed by atoms with van der Waals surface area (Å²) in [6, 6.07) is 4.63. The summed E-state index contributed by atoms with van der Waals surface area (Å²) >= 11 is 0. The van der Waals surface area contributed by atoms with Gasteiger partial charge in [0.25, 0.3) is 0 Å². The molecular formula is C11H12F3NO3. The lowest BCUT2D eigenvalue weighted by molar-refractivity contribution is -0.274. The molecule has 0 radical (unpaired) electrons. The molecule has 0 saturated carbocycles. The van der Waals surface area contributed by atoms with Crippen molar-refractivity contribution >= 4 is 5.97 Å². The SMILES string of the molecule is CNC(CC(=O)O)c1ccc(OC(F)(F)F)cc1. The average molecular weight is 263 g/mol. The third-order valence-electron chi connectivity index (χ3n) is 2.24. The number of carboxylic acids is 1. The third kappa shape index (κ3) is 4.62. The van der Waals surface area contributed by atoms with Crippen molar-refractivity contribution < 1.29 is 27.8 Å². The second kappa shape index (κ2) is 5.72. The van der Waals surface area contributed by atoms with Crippen LogP contribution >= 0.6 is 0 Å². The van der Waals surface area contributed by atoms with E-state index in [9.17, 15) is 18.0 Å². The number of nitrogens with one attached hydrogen (secondary N) is 1. The van der Waals surface area contributed by atoms with Crippen LogP contribution < -0.4 is 10.1 Å². The molecule has 0 aromatic heterocycles. The molecule has 1 aromatic carbocycles. The second-order valence-corrected chi connectivity index (χ2v) is 3.56. The van der Waals surface area contributed by atoms with Crippen LogP contribution in [0.5, 0.6) is 5.75 Å². The van der Waals surface area contributed by atoms with Crippen LogP contribution in [0.3, 0.4) is 0 Å². The monoisotopic (exact) mass is 263 g/mol. The Bertz CT molecular complexity index is 403. The lowest BCUT2D eigenvalue weighted by atomic mass is 10.0. The zero-order valence-corrected chi connectivity index (χ0v) is 9.49. The van der Waals surface area contributed by atoms with E-state index in [0.29, 0.717) is 5.56 Å². The Kier molecular flexibility index (Phi) is 4.55. The molecule has 0 bridgehead atoms. The third-order valence-corrected chi connectivity index (χ3v) is 2.24. The van der Waals surface area contributed by atoms with Gasteiger partial charge in [-0.2, -0.15) is 0 Å². The minimum Gasteiger partial charge on any atom is -0.481 e. The Morgan fingerprint density at radius 3 is 2.33 bits per heavy atom. The van der Waals surface area contributed by atoms with Gasteiger partial charge in [-0.1, -0.05) is 12.1 Å². The van der Waals surface area contributed by atoms with Gasteiger partial charge in [0.2, 0.25) is 0 Å². The van der Waals surface area contributed by atoms with Crippen molar-refractivity contribution in [3.8, 4) is 5.75 Å². The molecule has 1 atom stereocenters. The van der Waals surface area contributed by atoms with E-state index in [1.165, 1.54) is 12.1 Å². The van der Waals surface area contributed by atoms with Gasteiger partial charge in [0, 0.05) is 6.04 Å². The molecule has 0 amide bonds. The Labute approximate surface area is 101 Å². The fraction of sp³-hybridized carbons (Fsp3) is 0.364. The van der Waals surface area contributed by atoms with Crippen LogP contribution in [0.1, 0.15) is 18.0 Å². The quantitative estimate of drug-likeness (QED) is 0.856. The van der Waals surface area contributed by atoms with Gasteiger partial charge >= 0.3 is 12.3 Å². The number of hydrogen-bond donors (Lipinski definition) is 2. The number of carbonyl (C=O) groups is 1. The molecule has 100 valence electrons. The summed E-state index contributed by atoms with van der Waals surface area (Å²) in [6.07, 6.45) is -4.89. The van der Waals surface area contributed by atoms with Crippen molar-refractivity contribution in [2.24, 2.45) is 0 Å². The second-order valence-electron chi connectivity index (χ2n) is 3.56. The number of ether oxygens (including phenoxy) is 1.